The highest BCUT2D eigenvalue weighted by atomic mass is 35.5. The van der Waals surface area contributed by atoms with Crippen molar-refractivity contribution in [2.75, 3.05) is 25.1 Å². The maximum absolute atomic E-state index is 5.88. The Bertz CT molecular complexity index is 355. The smallest absolute Gasteiger partial charge is 0.137 e. The van der Waals surface area contributed by atoms with Crippen LogP contribution in [0.3, 0.4) is 0 Å². The highest BCUT2D eigenvalue weighted by Gasteiger charge is 2.20. The minimum Gasteiger partial charge on any atom is -0.379 e. The van der Waals surface area contributed by atoms with Crippen LogP contribution >= 0.6 is 11.6 Å². The summed E-state index contributed by atoms with van der Waals surface area (Å²) >= 11 is 5.88. The van der Waals surface area contributed by atoms with Crippen LogP contribution in [0.1, 0.15) is 18.4 Å². The maximum atomic E-state index is 5.88. The van der Waals surface area contributed by atoms with Gasteiger partial charge >= 0.3 is 0 Å². The summed E-state index contributed by atoms with van der Waals surface area (Å²) in [4.78, 5) is 8.02. The molecule has 1 aliphatic rings. The van der Waals surface area contributed by atoms with Crippen LogP contribution in [0.15, 0.2) is 6.33 Å². The zero-order valence-corrected chi connectivity index (χ0v) is 10.1. The molecule has 0 atom stereocenters. The van der Waals surface area contributed by atoms with Gasteiger partial charge in [-0.05, 0) is 25.7 Å². The molecule has 0 spiro atoms. The molecule has 1 N–H and O–H groups in total. The summed E-state index contributed by atoms with van der Waals surface area (Å²) in [6, 6.07) is 0. The highest BCUT2D eigenvalue weighted by Crippen LogP contribution is 2.28. The van der Waals surface area contributed by atoms with Crippen molar-refractivity contribution in [3.05, 3.63) is 17.0 Å². The standard InChI is InChI=1S/C11H16ClN3O/c1-8-10(12)14-7-15-11(8)13-4-5-16-6-9-2-3-9/h7,9H,2-6H2,1H3,(H,13,14,15). The number of aromatic nitrogens is 2. The van der Waals surface area contributed by atoms with E-state index < -0.39 is 0 Å². The van der Waals surface area contributed by atoms with Crippen molar-refractivity contribution < 1.29 is 4.74 Å². The quantitative estimate of drug-likeness (QED) is 0.613. The average Bonchev–Trinajstić information content (AvgIpc) is 3.07. The number of halogens is 1. The number of hydrogen-bond donors (Lipinski definition) is 1. The molecule has 0 aliphatic heterocycles. The van der Waals surface area contributed by atoms with Crippen molar-refractivity contribution in [1.29, 1.82) is 0 Å². The van der Waals surface area contributed by atoms with E-state index in [9.17, 15) is 0 Å². The molecule has 1 aliphatic carbocycles. The molecule has 0 saturated heterocycles. The molecule has 1 saturated carbocycles. The van der Waals surface area contributed by atoms with Crippen LogP contribution < -0.4 is 5.32 Å². The molecular weight excluding hydrogens is 226 g/mol. The molecule has 88 valence electrons. The summed E-state index contributed by atoms with van der Waals surface area (Å²) in [5.41, 5.74) is 0.881. The molecule has 0 bridgehead atoms. The van der Waals surface area contributed by atoms with E-state index in [1.807, 2.05) is 6.92 Å². The predicted octanol–water partition coefficient (Wildman–Crippen LogP) is 2.28. The van der Waals surface area contributed by atoms with Gasteiger partial charge in [0.25, 0.3) is 0 Å². The molecule has 0 aromatic carbocycles. The molecule has 1 fully saturated rings. The van der Waals surface area contributed by atoms with Crippen molar-refractivity contribution >= 4 is 17.4 Å². The van der Waals surface area contributed by atoms with Gasteiger partial charge in [-0.3, -0.25) is 0 Å². The molecule has 16 heavy (non-hydrogen) atoms. The number of ether oxygens (including phenoxy) is 1. The fraction of sp³-hybridized carbons (Fsp3) is 0.636. The Morgan fingerprint density at radius 2 is 2.31 bits per heavy atom. The van der Waals surface area contributed by atoms with E-state index in [0.717, 1.165) is 30.5 Å². The largest absolute Gasteiger partial charge is 0.379 e. The molecule has 4 nitrogen and oxygen atoms in total. The van der Waals surface area contributed by atoms with Crippen LogP contribution in [-0.4, -0.2) is 29.7 Å². The Morgan fingerprint density at radius 1 is 1.50 bits per heavy atom. The van der Waals surface area contributed by atoms with Gasteiger partial charge in [0.15, 0.2) is 0 Å². The molecule has 0 amide bonds. The molecule has 1 heterocycles. The summed E-state index contributed by atoms with van der Waals surface area (Å²) < 4.78 is 5.51. The lowest BCUT2D eigenvalue weighted by Gasteiger charge is -2.08. The summed E-state index contributed by atoms with van der Waals surface area (Å²) in [6.07, 6.45) is 4.12. The Balaban J connectivity index is 1.69. The second-order valence-corrected chi connectivity index (χ2v) is 4.44. The monoisotopic (exact) mass is 241 g/mol. The second-order valence-electron chi connectivity index (χ2n) is 4.08. The average molecular weight is 242 g/mol. The first-order valence-electron chi connectivity index (χ1n) is 5.56. The van der Waals surface area contributed by atoms with Crippen LogP contribution in [-0.2, 0) is 4.74 Å². The van der Waals surface area contributed by atoms with Crippen molar-refractivity contribution in [2.24, 2.45) is 5.92 Å². The molecule has 1 aromatic heterocycles. The van der Waals surface area contributed by atoms with Gasteiger partial charge in [0.1, 0.15) is 17.3 Å². The van der Waals surface area contributed by atoms with Gasteiger partial charge in [-0.2, -0.15) is 0 Å². The van der Waals surface area contributed by atoms with Crippen LogP contribution in [0.25, 0.3) is 0 Å². The lowest BCUT2D eigenvalue weighted by molar-refractivity contribution is 0.134. The van der Waals surface area contributed by atoms with Crippen LogP contribution in [0.2, 0.25) is 5.15 Å². The molecule has 1 aromatic rings. The van der Waals surface area contributed by atoms with E-state index in [1.165, 1.54) is 19.2 Å². The topological polar surface area (TPSA) is 47.0 Å². The SMILES string of the molecule is Cc1c(Cl)ncnc1NCCOCC1CC1. The third kappa shape index (κ3) is 3.32. The summed E-state index contributed by atoms with van der Waals surface area (Å²) in [5, 5.41) is 3.68. The summed E-state index contributed by atoms with van der Waals surface area (Å²) in [7, 11) is 0. The van der Waals surface area contributed by atoms with Gasteiger partial charge in [0, 0.05) is 18.7 Å². The van der Waals surface area contributed by atoms with Crippen molar-refractivity contribution in [3.63, 3.8) is 0 Å². The second kappa shape index (κ2) is 5.46. The van der Waals surface area contributed by atoms with Gasteiger partial charge < -0.3 is 10.1 Å². The first-order chi connectivity index (χ1) is 7.77. The minimum absolute atomic E-state index is 0.497. The number of anilines is 1. The normalized spacial score (nSPS) is 15.1. The van der Waals surface area contributed by atoms with Crippen molar-refractivity contribution in [1.82, 2.24) is 9.97 Å². The highest BCUT2D eigenvalue weighted by molar-refractivity contribution is 6.30. The van der Waals surface area contributed by atoms with E-state index in [2.05, 4.69) is 15.3 Å². The first-order valence-corrected chi connectivity index (χ1v) is 5.94. The molecule has 0 radical (unpaired) electrons. The number of nitrogens with zero attached hydrogens (tertiary/aromatic N) is 2. The van der Waals surface area contributed by atoms with Crippen molar-refractivity contribution in [2.45, 2.75) is 19.8 Å². The zero-order valence-electron chi connectivity index (χ0n) is 9.37. The van der Waals surface area contributed by atoms with E-state index in [1.54, 1.807) is 0 Å². The third-order valence-corrected chi connectivity index (χ3v) is 2.99. The van der Waals surface area contributed by atoms with Crippen LogP contribution in [0.5, 0.6) is 0 Å². The summed E-state index contributed by atoms with van der Waals surface area (Å²) in [6.45, 7) is 4.25. The van der Waals surface area contributed by atoms with E-state index in [0.29, 0.717) is 11.8 Å². The minimum atomic E-state index is 0.497. The molecule has 5 heteroatoms. The van der Waals surface area contributed by atoms with E-state index in [4.69, 9.17) is 16.3 Å². The van der Waals surface area contributed by atoms with E-state index >= 15 is 0 Å². The predicted molar refractivity (Wildman–Crippen MR) is 63.8 cm³/mol. The van der Waals surface area contributed by atoms with Gasteiger partial charge in [-0.25, -0.2) is 9.97 Å². The van der Waals surface area contributed by atoms with Crippen molar-refractivity contribution in [3.8, 4) is 0 Å². The third-order valence-electron chi connectivity index (χ3n) is 2.61. The maximum Gasteiger partial charge on any atom is 0.137 e. The van der Waals surface area contributed by atoms with Gasteiger partial charge in [0.2, 0.25) is 0 Å². The van der Waals surface area contributed by atoms with Gasteiger partial charge in [-0.15, -0.1) is 0 Å². The Labute approximate surface area is 100 Å². The fourth-order valence-corrected chi connectivity index (χ4v) is 1.52. The zero-order chi connectivity index (χ0) is 11.4. The number of hydrogen-bond acceptors (Lipinski definition) is 4. The fourth-order valence-electron chi connectivity index (χ4n) is 1.38. The van der Waals surface area contributed by atoms with Crippen LogP contribution in [0, 0.1) is 12.8 Å². The number of nitrogens with one attached hydrogen (secondary N) is 1. The van der Waals surface area contributed by atoms with Gasteiger partial charge in [-0.1, -0.05) is 11.6 Å². The molecular formula is C11H16ClN3O. The molecule has 2 rings (SSSR count). The molecule has 0 unspecified atom stereocenters. The number of rotatable bonds is 6. The first kappa shape index (κ1) is 11.6. The Hall–Kier alpha value is -0.870. The Kier molecular flexibility index (Phi) is 3.96. The summed E-state index contributed by atoms with van der Waals surface area (Å²) in [5.74, 6) is 1.60. The van der Waals surface area contributed by atoms with E-state index in [-0.39, 0.29) is 0 Å². The van der Waals surface area contributed by atoms with Crippen LogP contribution in [0.4, 0.5) is 5.82 Å². The lowest BCUT2D eigenvalue weighted by atomic mass is 10.3. The Morgan fingerprint density at radius 3 is 3.06 bits per heavy atom. The van der Waals surface area contributed by atoms with Gasteiger partial charge in [0.05, 0.1) is 6.61 Å². The lowest BCUT2D eigenvalue weighted by Crippen LogP contribution is -2.12.